The van der Waals surface area contributed by atoms with Crippen LogP contribution in [-0.4, -0.2) is 4.40 Å². The molecule has 0 aliphatic heterocycles. The first-order valence-corrected chi connectivity index (χ1v) is 18.0. The fourth-order valence-corrected chi connectivity index (χ4v) is 9.18. The van der Waals surface area contributed by atoms with Crippen LogP contribution in [0.25, 0.3) is 105 Å². The molecule has 0 fully saturated rings. The smallest absolute Gasteiger partial charge is 0.0620 e. The third kappa shape index (κ3) is 3.92. The lowest BCUT2D eigenvalue weighted by molar-refractivity contribution is 0.592. The second-order valence-electron chi connectivity index (χ2n) is 15.3. The number of aromatic nitrogens is 1. The minimum Gasteiger partial charge on any atom is -0.307 e. The molecule has 51 heavy (non-hydrogen) atoms. The zero-order chi connectivity index (χ0) is 34.0. The molecule has 11 rings (SSSR count). The highest BCUT2D eigenvalue weighted by Gasteiger charge is 2.26. The summed E-state index contributed by atoms with van der Waals surface area (Å²) in [5.74, 6) is 0. The van der Waals surface area contributed by atoms with Crippen molar-refractivity contribution in [2.45, 2.75) is 26.2 Å². The average molecular weight is 650 g/mol. The zero-order valence-corrected chi connectivity index (χ0v) is 29.0. The van der Waals surface area contributed by atoms with Gasteiger partial charge in [-0.25, -0.2) is 0 Å². The van der Waals surface area contributed by atoms with Crippen LogP contribution in [0.2, 0.25) is 0 Å². The predicted molar refractivity (Wildman–Crippen MR) is 218 cm³/mol. The molecule has 2 heterocycles. The van der Waals surface area contributed by atoms with E-state index in [0.29, 0.717) is 0 Å². The van der Waals surface area contributed by atoms with E-state index in [9.17, 15) is 0 Å². The third-order valence-corrected chi connectivity index (χ3v) is 11.4. The van der Waals surface area contributed by atoms with Gasteiger partial charge in [0.25, 0.3) is 0 Å². The van der Waals surface area contributed by atoms with Crippen molar-refractivity contribution < 1.29 is 0 Å². The molecule has 0 amide bonds. The van der Waals surface area contributed by atoms with Gasteiger partial charge < -0.3 is 4.40 Å². The van der Waals surface area contributed by atoms with Gasteiger partial charge in [0.1, 0.15) is 0 Å². The van der Waals surface area contributed by atoms with Crippen molar-refractivity contribution >= 4 is 48.9 Å². The Morgan fingerprint density at radius 3 is 1.43 bits per heavy atom. The second kappa shape index (κ2) is 10.2. The largest absolute Gasteiger partial charge is 0.307 e. The Morgan fingerprint density at radius 1 is 0.353 bits per heavy atom. The molecule has 10 aromatic rings. The van der Waals surface area contributed by atoms with Crippen molar-refractivity contribution in [2.24, 2.45) is 0 Å². The van der Waals surface area contributed by atoms with Gasteiger partial charge in [0.2, 0.25) is 0 Å². The monoisotopic (exact) mass is 649 g/mol. The molecule has 0 spiro atoms. The second-order valence-corrected chi connectivity index (χ2v) is 15.3. The molecule has 0 saturated heterocycles. The van der Waals surface area contributed by atoms with E-state index in [1.807, 2.05) is 0 Å². The van der Waals surface area contributed by atoms with E-state index in [-0.39, 0.29) is 5.41 Å². The summed E-state index contributed by atoms with van der Waals surface area (Å²) in [5, 5.41) is 7.76. The maximum absolute atomic E-state index is 2.58. The molecule has 1 aliphatic carbocycles. The van der Waals surface area contributed by atoms with Crippen molar-refractivity contribution in [3.8, 4) is 55.6 Å². The van der Waals surface area contributed by atoms with E-state index in [2.05, 4.69) is 183 Å². The Balaban J connectivity index is 1.29. The molecule has 0 radical (unpaired) electrons. The lowest BCUT2D eigenvalue weighted by atomic mass is 9.80. The van der Waals surface area contributed by atoms with Gasteiger partial charge in [0.15, 0.2) is 0 Å². The molecule has 1 nitrogen and oxygen atoms in total. The normalized spacial score (nSPS) is 12.6. The topological polar surface area (TPSA) is 4.41 Å². The van der Waals surface area contributed by atoms with Crippen molar-refractivity contribution in [3.63, 3.8) is 0 Å². The summed E-state index contributed by atoms with van der Waals surface area (Å²) in [6.07, 6.45) is 0. The van der Waals surface area contributed by atoms with Gasteiger partial charge >= 0.3 is 0 Å². The molecule has 1 aliphatic rings. The maximum atomic E-state index is 2.58. The average Bonchev–Trinajstić information content (AvgIpc) is 3.68. The van der Waals surface area contributed by atoms with Crippen molar-refractivity contribution in [1.29, 1.82) is 0 Å². The predicted octanol–water partition coefficient (Wildman–Crippen LogP) is 13.9. The third-order valence-electron chi connectivity index (χ3n) is 11.4. The minimum absolute atomic E-state index is 0.0370. The highest BCUT2D eigenvalue weighted by Crippen LogP contribution is 2.51. The van der Waals surface area contributed by atoms with Crippen molar-refractivity contribution in [1.82, 2.24) is 4.40 Å². The summed E-state index contributed by atoms with van der Waals surface area (Å²) in [6.45, 7) is 6.93. The first kappa shape index (κ1) is 28.6. The van der Waals surface area contributed by atoms with Crippen molar-refractivity contribution in [2.75, 3.05) is 0 Å². The molecule has 0 saturated carbocycles. The number of rotatable bonds is 1. The molecule has 0 unspecified atom stereocenters. The summed E-state index contributed by atoms with van der Waals surface area (Å²) in [7, 11) is 0. The van der Waals surface area contributed by atoms with Gasteiger partial charge in [0, 0.05) is 26.9 Å². The van der Waals surface area contributed by atoms with Crippen molar-refractivity contribution in [3.05, 3.63) is 163 Å². The van der Waals surface area contributed by atoms with Gasteiger partial charge in [-0.1, -0.05) is 160 Å². The Labute approximate surface area is 297 Å². The molecule has 0 atom stereocenters. The Morgan fingerprint density at radius 2 is 0.824 bits per heavy atom. The molecule has 240 valence electrons. The number of hydrogen-bond donors (Lipinski definition) is 0. The van der Waals surface area contributed by atoms with Crippen LogP contribution < -0.4 is 0 Å². The summed E-state index contributed by atoms with van der Waals surface area (Å²) in [4.78, 5) is 0. The minimum atomic E-state index is 0.0370. The van der Waals surface area contributed by atoms with Crippen LogP contribution in [-0.2, 0) is 5.41 Å². The van der Waals surface area contributed by atoms with E-state index >= 15 is 0 Å². The number of fused-ring (bicyclic) bond motifs is 16. The number of benzene rings is 8. The van der Waals surface area contributed by atoms with Crippen LogP contribution in [0.15, 0.2) is 158 Å². The standard InChI is InChI=1S/C50H35N/c1-50(2,3)46-22-11-10-13-32(46)31-24-23-30-25-26-41-39-20-12-21-40-45-28-43-37-18-8-6-16-35(37)33-14-4-5-15-34(33)36-17-7-9-19-38(36)44(43)29-47(45)51(48(39)40)49(41)42(30)27-31/h4-29H,1-3H3. The van der Waals surface area contributed by atoms with Gasteiger partial charge in [-0.15, -0.1) is 0 Å². The van der Waals surface area contributed by atoms with Gasteiger partial charge in [0.05, 0.1) is 16.6 Å². The number of hydrogen-bond acceptors (Lipinski definition) is 0. The van der Waals surface area contributed by atoms with Crippen LogP contribution in [0.5, 0.6) is 0 Å². The van der Waals surface area contributed by atoms with E-state index in [1.165, 1.54) is 110 Å². The van der Waals surface area contributed by atoms with Gasteiger partial charge in [-0.05, 0) is 90.2 Å². The number of para-hydroxylation sites is 1. The quantitative estimate of drug-likeness (QED) is 0.167. The van der Waals surface area contributed by atoms with E-state index in [1.54, 1.807) is 0 Å². The SMILES string of the molecule is CC(C)(C)c1ccccc1-c1ccc2ccc3c4cccc5c6cc7c(cc6n(c3c2c1)c54)-c1ccccc1-c1ccccc1-c1ccccc1-7. The lowest BCUT2D eigenvalue weighted by Crippen LogP contribution is -2.12. The summed E-state index contributed by atoms with van der Waals surface area (Å²) in [5.41, 5.74) is 18.0. The van der Waals surface area contributed by atoms with Crippen LogP contribution in [0.4, 0.5) is 0 Å². The van der Waals surface area contributed by atoms with Crippen LogP contribution in [0.3, 0.4) is 0 Å². The fourth-order valence-electron chi connectivity index (χ4n) is 9.18. The van der Waals surface area contributed by atoms with E-state index in [4.69, 9.17) is 0 Å². The first-order chi connectivity index (χ1) is 25.0. The highest BCUT2D eigenvalue weighted by atomic mass is 14.9. The van der Waals surface area contributed by atoms with E-state index < -0.39 is 0 Å². The molecule has 2 aromatic heterocycles. The van der Waals surface area contributed by atoms with Crippen LogP contribution in [0.1, 0.15) is 26.3 Å². The summed E-state index contributed by atoms with van der Waals surface area (Å²) >= 11 is 0. The van der Waals surface area contributed by atoms with Gasteiger partial charge in [-0.2, -0.15) is 0 Å². The fraction of sp³-hybridized carbons (Fsp3) is 0.0800. The summed E-state index contributed by atoms with van der Waals surface area (Å²) in [6, 6.07) is 59.3. The Kier molecular flexibility index (Phi) is 5.72. The maximum Gasteiger partial charge on any atom is 0.0620 e. The molecule has 0 bridgehead atoms. The van der Waals surface area contributed by atoms with Crippen LogP contribution >= 0.6 is 0 Å². The van der Waals surface area contributed by atoms with E-state index in [0.717, 1.165) is 0 Å². The first-order valence-electron chi connectivity index (χ1n) is 18.0. The Hall–Kier alpha value is -6.18. The molecular formula is C50H35N. The highest BCUT2D eigenvalue weighted by molar-refractivity contribution is 6.28. The molecular weight excluding hydrogens is 615 g/mol. The molecule has 0 N–H and O–H groups in total. The van der Waals surface area contributed by atoms with Gasteiger partial charge in [-0.3, -0.25) is 0 Å². The number of nitrogens with zero attached hydrogens (tertiary/aromatic N) is 1. The summed E-state index contributed by atoms with van der Waals surface area (Å²) < 4.78 is 2.58. The Bertz CT molecular complexity index is 3060. The molecule has 8 aromatic carbocycles. The lowest BCUT2D eigenvalue weighted by Gasteiger charge is -2.23. The van der Waals surface area contributed by atoms with Crippen LogP contribution in [0, 0.1) is 0 Å². The molecule has 1 heteroatoms. The zero-order valence-electron chi connectivity index (χ0n) is 29.0.